The van der Waals surface area contributed by atoms with Gasteiger partial charge in [-0.15, -0.1) is 0 Å². The Bertz CT molecular complexity index is 6360. The molecule has 7 nitrogen and oxygen atoms in total. The van der Waals surface area contributed by atoms with E-state index >= 15 is 4.79 Å². The number of nitrogens with zero attached hydrogens (tertiary/aromatic N) is 4. The van der Waals surface area contributed by atoms with Gasteiger partial charge in [-0.1, -0.05) is 216 Å². The quantitative estimate of drug-likeness (QED) is 0.0627. The number of aryl methyl sites for hydroxylation is 1. The van der Waals surface area contributed by atoms with Crippen LogP contribution < -0.4 is 29.1 Å². The molecule has 0 saturated heterocycles. The SMILES string of the molecule is COc1ccc(N(c2ccccc2)c2ccc(N(c3ccccc3)c3ccc(Oc4ccc(C(=O)c5ccc(C)cc5)c(-c5ccc6c(c5)cc(N(c5ccc(N(c7ccc(Br)cc7)c7cc8ccccc8c8ccccc78)cc5)c5cc7ccccc7c7ccccc57)c5ccccc56)c4)cc3)cc2)cc1. The number of para-hydroxylation sites is 2. The smallest absolute Gasteiger partial charge is 0.193 e. The summed E-state index contributed by atoms with van der Waals surface area (Å²) in [7, 11) is 1.69. The fraction of sp³-hybridized carbons (Fsp3) is 0.0202. The molecule has 0 spiro atoms. The van der Waals surface area contributed by atoms with Crippen molar-refractivity contribution >= 4 is 155 Å². The van der Waals surface area contributed by atoms with Crippen LogP contribution in [0.15, 0.2) is 387 Å². The van der Waals surface area contributed by atoms with E-state index in [4.69, 9.17) is 9.47 Å². The van der Waals surface area contributed by atoms with Gasteiger partial charge in [-0.05, 0) is 255 Å². The average molecular weight is 1440 g/mol. The number of hydrogen-bond acceptors (Lipinski definition) is 7. The molecule has 0 heterocycles. The predicted molar refractivity (Wildman–Crippen MR) is 451 cm³/mol. The van der Waals surface area contributed by atoms with Crippen LogP contribution in [0.2, 0.25) is 0 Å². The van der Waals surface area contributed by atoms with Crippen molar-refractivity contribution in [3.05, 3.63) is 403 Å². The maximum Gasteiger partial charge on any atom is 0.193 e. The normalized spacial score (nSPS) is 11.4. The van der Waals surface area contributed by atoms with E-state index in [-0.39, 0.29) is 5.78 Å². The Kier molecular flexibility index (Phi) is 17.3. The van der Waals surface area contributed by atoms with Gasteiger partial charge in [-0.25, -0.2) is 0 Å². The fourth-order valence-corrected chi connectivity index (χ4v) is 15.5. The molecule has 0 saturated carbocycles. The summed E-state index contributed by atoms with van der Waals surface area (Å²) in [6.45, 7) is 2.04. The van der Waals surface area contributed by atoms with E-state index in [0.29, 0.717) is 22.6 Å². The maximum absolute atomic E-state index is 15.1. The van der Waals surface area contributed by atoms with Crippen molar-refractivity contribution in [3.8, 4) is 28.4 Å². The Morgan fingerprint density at radius 2 is 0.636 bits per heavy atom. The first-order valence-electron chi connectivity index (χ1n) is 35.9. The number of hydrogen-bond donors (Lipinski definition) is 0. The third-order valence-electron chi connectivity index (χ3n) is 20.4. The number of fused-ring (bicyclic) bond motifs is 9. The number of halogens is 1. The van der Waals surface area contributed by atoms with E-state index in [2.05, 4.69) is 339 Å². The summed E-state index contributed by atoms with van der Waals surface area (Å²) in [6, 6.07) is 134. The zero-order chi connectivity index (χ0) is 71.9. The van der Waals surface area contributed by atoms with Gasteiger partial charge in [-0.2, -0.15) is 0 Å². The molecule has 0 atom stereocenters. The lowest BCUT2D eigenvalue weighted by molar-refractivity contribution is 0.103. The molecule has 0 aliphatic rings. The number of ketones is 1. The van der Waals surface area contributed by atoms with E-state index in [1.165, 1.54) is 21.5 Å². The molecule has 510 valence electrons. The van der Waals surface area contributed by atoms with Gasteiger partial charge in [0.15, 0.2) is 5.78 Å². The van der Waals surface area contributed by atoms with E-state index < -0.39 is 0 Å². The van der Waals surface area contributed by atoms with Crippen molar-refractivity contribution < 1.29 is 14.3 Å². The standard InChI is InChI=1S/C99H69BrN4O3/c1-66-33-35-67(36-34-66)99(105)94-60-58-84(107-83-56-52-78(53-57-83)102(74-23-7-4-8-24-74)76-44-42-75(43-45-76)101(73-21-5-3-6-22-73)77-50-54-82(106-2)55-51-77)65-95(94)70-37-59-87-71(61-70)64-98(93-32-18-15-29-90(87)93)104(97-63-69-20-10-12-26-86(69)89-28-14-17-31-92(89)97)81-48-46-80(47-49-81)103(79-40-38-72(100)39-41-79)96-62-68-19-9-11-25-85(68)88-27-13-16-30-91(88)96/h3-65H,1-2H3. The van der Waals surface area contributed by atoms with Crippen LogP contribution in [0.25, 0.3) is 75.8 Å². The minimum absolute atomic E-state index is 0.0805. The lowest BCUT2D eigenvalue weighted by Crippen LogP contribution is -2.13. The van der Waals surface area contributed by atoms with Crippen LogP contribution in [-0.4, -0.2) is 12.9 Å². The van der Waals surface area contributed by atoms with Crippen LogP contribution in [0, 0.1) is 6.92 Å². The third-order valence-corrected chi connectivity index (χ3v) is 20.9. The number of benzene rings is 18. The first-order valence-corrected chi connectivity index (χ1v) is 36.7. The van der Waals surface area contributed by atoms with Crippen LogP contribution in [0.1, 0.15) is 21.5 Å². The Labute approximate surface area is 630 Å². The Morgan fingerprint density at radius 1 is 0.280 bits per heavy atom. The highest BCUT2D eigenvalue weighted by molar-refractivity contribution is 9.10. The molecule has 0 radical (unpaired) electrons. The first-order chi connectivity index (χ1) is 52.7. The molecule has 18 rings (SSSR count). The molecule has 0 aliphatic heterocycles. The van der Waals surface area contributed by atoms with Gasteiger partial charge in [0.2, 0.25) is 0 Å². The number of carbonyl (C=O) groups is 1. The van der Waals surface area contributed by atoms with Crippen molar-refractivity contribution in [1.82, 2.24) is 0 Å². The van der Waals surface area contributed by atoms with Gasteiger partial charge in [-0.3, -0.25) is 4.79 Å². The number of carbonyl (C=O) groups excluding carboxylic acids is 1. The van der Waals surface area contributed by atoms with Crippen LogP contribution in [-0.2, 0) is 0 Å². The monoisotopic (exact) mass is 1440 g/mol. The summed E-state index contributed by atoms with van der Waals surface area (Å²) >= 11 is 3.75. The Balaban J connectivity index is 0.747. The molecule has 18 aromatic carbocycles. The molecule has 0 fully saturated rings. The highest BCUT2D eigenvalue weighted by atomic mass is 79.9. The van der Waals surface area contributed by atoms with Crippen LogP contribution >= 0.6 is 15.9 Å². The molecule has 107 heavy (non-hydrogen) atoms. The van der Waals surface area contributed by atoms with E-state index in [1.54, 1.807) is 7.11 Å². The van der Waals surface area contributed by atoms with Crippen LogP contribution in [0.5, 0.6) is 17.2 Å². The average Bonchev–Trinajstić information content (AvgIpc) is 0.733. The van der Waals surface area contributed by atoms with Gasteiger partial charge in [0.25, 0.3) is 0 Å². The third kappa shape index (κ3) is 12.6. The van der Waals surface area contributed by atoms with Gasteiger partial charge in [0.1, 0.15) is 17.2 Å². The molecule has 0 N–H and O–H groups in total. The minimum atomic E-state index is -0.0805. The summed E-state index contributed by atoms with van der Waals surface area (Å²) in [5, 5.41) is 13.6. The molecule has 0 aromatic heterocycles. The zero-order valence-corrected chi connectivity index (χ0v) is 60.4. The number of rotatable bonds is 18. The van der Waals surface area contributed by atoms with Gasteiger partial charge < -0.3 is 29.1 Å². The molecular formula is C99H69BrN4O3. The Hall–Kier alpha value is -13.5. The lowest BCUT2D eigenvalue weighted by atomic mass is 9.91. The molecular weight excluding hydrogens is 1370 g/mol. The second-order valence-electron chi connectivity index (χ2n) is 26.9. The van der Waals surface area contributed by atoms with Gasteiger partial charge in [0, 0.05) is 82.9 Å². The molecule has 0 aliphatic carbocycles. The number of methoxy groups -OCH3 is 1. The number of anilines is 12. The van der Waals surface area contributed by atoms with Crippen LogP contribution in [0.4, 0.5) is 68.2 Å². The molecule has 0 bridgehead atoms. The zero-order valence-electron chi connectivity index (χ0n) is 58.8. The summed E-state index contributed by atoms with van der Waals surface area (Å²) < 4.78 is 13.4. The fourth-order valence-electron chi connectivity index (χ4n) is 15.3. The maximum atomic E-state index is 15.1. The van der Waals surface area contributed by atoms with E-state index in [1.807, 2.05) is 85.8 Å². The summed E-state index contributed by atoms with van der Waals surface area (Å²) in [6.07, 6.45) is 0. The van der Waals surface area contributed by atoms with Crippen molar-refractivity contribution in [2.45, 2.75) is 6.92 Å². The van der Waals surface area contributed by atoms with E-state index in [0.717, 1.165) is 138 Å². The summed E-state index contributed by atoms with van der Waals surface area (Å²) in [4.78, 5) is 24.5. The largest absolute Gasteiger partial charge is 0.497 e. The summed E-state index contributed by atoms with van der Waals surface area (Å²) in [5.41, 5.74) is 16.0. The molecule has 0 amide bonds. The molecule has 18 aromatic rings. The highest BCUT2D eigenvalue weighted by Gasteiger charge is 2.26. The van der Waals surface area contributed by atoms with Crippen molar-refractivity contribution in [2.75, 3.05) is 26.7 Å². The predicted octanol–water partition coefficient (Wildman–Crippen LogP) is 28.3. The van der Waals surface area contributed by atoms with Gasteiger partial charge >= 0.3 is 0 Å². The van der Waals surface area contributed by atoms with E-state index in [9.17, 15) is 0 Å². The molecule has 8 heteroatoms. The number of ether oxygens (including phenoxy) is 2. The first kappa shape index (κ1) is 65.5. The minimum Gasteiger partial charge on any atom is -0.497 e. The van der Waals surface area contributed by atoms with Crippen molar-refractivity contribution in [3.63, 3.8) is 0 Å². The topological polar surface area (TPSA) is 48.5 Å². The second kappa shape index (κ2) is 28.3. The van der Waals surface area contributed by atoms with Crippen molar-refractivity contribution in [2.24, 2.45) is 0 Å². The lowest BCUT2D eigenvalue weighted by Gasteiger charge is -2.31. The van der Waals surface area contributed by atoms with Crippen molar-refractivity contribution in [1.29, 1.82) is 0 Å². The van der Waals surface area contributed by atoms with Gasteiger partial charge in [0.05, 0.1) is 24.2 Å². The second-order valence-corrected chi connectivity index (χ2v) is 27.8. The van der Waals surface area contributed by atoms with Crippen LogP contribution in [0.3, 0.4) is 0 Å². The Morgan fingerprint density at radius 3 is 1.11 bits per heavy atom. The summed E-state index contributed by atoms with van der Waals surface area (Å²) in [5.74, 6) is 1.95. The highest BCUT2D eigenvalue weighted by Crippen LogP contribution is 2.50. The molecule has 0 unspecified atom stereocenters.